The minimum absolute atomic E-state index is 0.120. The third-order valence-corrected chi connectivity index (χ3v) is 2.90. The topological polar surface area (TPSA) is 107 Å². The lowest BCUT2D eigenvalue weighted by molar-refractivity contribution is -0.384. The molecule has 0 radical (unpaired) electrons. The molecule has 0 aliphatic carbocycles. The second-order valence-electron chi connectivity index (χ2n) is 4.19. The van der Waals surface area contributed by atoms with Gasteiger partial charge in [-0.25, -0.2) is 4.39 Å². The minimum Gasteiger partial charge on any atom is -0.379 e. The van der Waals surface area contributed by atoms with Crippen molar-refractivity contribution < 1.29 is 18.8 Å². The highest BCUT2D eigenvalue weighted by molar-refractivity contribution is 5.95. The molecule has 0 spiro atoms. The lowest BCUT2D eigenvalue weighted by Crippen LogP contribution is -2.37. The molecule has 3 N–H and O–H groups in total. The molecule has 1 saturated heterocycles. The fourth-order valence-corrected chi connectivity index (χ4v) is 1.85. The number of halogens is 1. The van der Waals surface area contributed by atoms with Crippen LogP contribution in [0.3, 0.4) is 0 Å². The summed E-state index contributed by atoms with van der Waals surface area (Å²) in [6.45, 7) is 0.354. The summed E-state index contributed by atoms with van der Waals surface area (Å²) in [5.74, 6) is -2.09. The first-order valence-electron chi connectivity index (χ1n) is 5.58. The van der Waals surface area contributed by atoms with Gasteiger partial charge >= 0.3 is 0 Å². The summed E-state index contributed by atoms with van der Waals surface area (Å²) in [6.07, 6.45) is 0. The van der Waals surface area contributed by atoms with Crippen molar-refractivity contribution in [2.45, 2.75) is 6.04 Å². The van der Waals surface area contributed by atoms with Gasteiger partial charge in [-0.1, -0.05) is 6.07 Å². The largest absolute Gasteiger partial charge is 0.379 e. The van der Waals surface area contributed by atoms with E-state index in [-0.39, 0.29) is 13.2 Å². The van der Waals surface area contributed by atoms with E-state index in [4.69, 9.17) is 10.5 Å². The summed E-state index contributed by atoms with van der Waals surface area (Å²) in [4.78, 5) is 21.9. The number of nitrogens with two attached hydrogens (primary N) is 1. The van der Waals surface area contributed by atoms with Crippen LogP contribution in [0.2, 0.25) is 0 Å². The summed E-state index contributed by atoms with van der Waals surface area (Å²) >= 11 is 0. The van der Waals surface area contributed by atoms with Crippen LogP contribution in [0.25, 0.3) is 0 Å². The van der Waals surface area contributed by atoms with Crippen LogP contribution in [0.1, 0.15) is 0 Å². The molecule has 1 amide bonds. The van der Waals surface area contributed by atoms with Crippen molar-refractivity contribution in [2.75, 3.05) is 18.5 Å². The molecule has 8 heteroatoms. The number of benzene rings is 1. The monoisotopic (exact) mass is 269 g/mol. The van der Waals surface area contributed by atoms with Crippen molar-refractivity contribution in [1.29, 1.82) is 0 Å². The number of nitro benzene ring substituents is 1. The molecule has 1 aromatic carbocycles. The van der Waals surface area contributed by atoms with Crippen molar-refractivity contribution in [3.05, 3.63) is 34.1 Å². The van der Waals surface area contributed by atoms with Gasteiger partial charge in [0.05, 0.1) is 24.1 Å². The quantitative estimate of drug-likeness (QED) is 0.618. The zero-order valence-corrected chi connectivity index (χ0v) is 9.84. The van der Waals surface area contributed by atoms with E-state index in [0.717, 1.165) is 12.1 Å². The number of hydrogen-bond donors (Lipinski definition) is 2. The summed E-state index contributed by atoms with van der Waals surface area (Å²) in [6, 6.07) is 2.86. The molecule has 2 unspecified atom stereocenters. The first-order valence-corrected chi connectivity index (χ1v) is 5.58. The maximum absolute atomic E-state index is 13.6. The lowest BCUT2D eigenvalue weighted by atomic mass is 10.0. The average Bonchev–Trinajstić information content (AvgIpc) is 2.77. The van der Waals surface area contributed by atoms with E-state index in [2.05, 4.69) is 5.32 Å². The van der Waals surface area contributed by atoms with Gasteiger partial charge in [0.15, 0.2) is 11.5 Å². The molecule has 2 atom stereocenters. The number of hydrogen-bond acceptors (Lipinski definition) is 5. The Balaban J connectivity index is 2.23. The molecule has 0 saturated carbocycles. The molecule has 1 heterocycles. The Morgan fingerprint density at radius 1 is 1.53 bits per heavy atom. The van der Waals surface area contributed by atoms with Gasteiger partial charge in [-0.2, -0.15) is 0 Å². The van der Waals surface area contributed by atoms with Crippen LogP contribution < -0.4 is 11.1 Å². The summed E-state index contributed by atoms with van der Waals surface area (Å²) in [7, 11) is 0. The molecule has 7 nitrogen and oxygen atoms in total. The van der Waals surface area contributed by atoms with Gasteiger partial charge in [0.2, 0.25) is 5.91 Å². The molecule has 1 aliphatic rings. The standard InChI is InChI=1S/C11H12FN3O4/c12-7-2-1-3-9(15(17)18)10(7)14-11(16)6-4-19-5-8(6)13/h1-3,6,8H,4-5,13H2,(H,14,16). The van der Waals surface area contributed by atoms with Crippen LogP contribution in [0.15, 0.2) is 18.2 Å². The van der Waals surface area contributed by atoms with Crippen LogP contribution in [0.4, 0.5) is 15.8 Å². The van der Waals surface area contributed by atoms with Crippen LogP contribution in [0, 0.1) is 21.8 Å². The van der Waals surface area contributed by atoms with Crippen molar-refractivity contribution in [2.24, 2.45) is 11.7 Å². The smallest absolute Gasteiger partial charge is 0.295 e. The molecule has 0 bridgehead atoms. The third kappa shape index (κ3) is 2.69. The minimum atomic E-state index is -0.866. The van der Waals surface area contributed by atoms with Crippen molar-refractivity contribution in [3.63, 3.8) is 0 Å². The Bertz CT molecular complexity index is 523. The number of nitrogens with zero attached hydrogens (tertiary/aromatic N) is 1. The molecule has 1 aromatic rings. The number of para-hydroxylation sites is 1. The molecule has 2 rings (SSSR count). The number of amides is 1. The predicted molar refractivity (Wildman–Crippen MR) is 64.0 cm³/mol. The SMILES string of the molecule is NC1COCC1C(=O)Nc1c(F)cccc1[N+](=O)[O-]. The Kier molecular flexibility index (Phi) is 3.72. The van der Waals surface area contributed by atoms with Crippen LogP contribution in [-0.2, 0) is 9.53 Å². The zero-order chi connectivity index (χ0) is 14.0. The van der Waals surface area contributed by atoms with E-state index < -0.39 is 40.0 Å². The number of nitro groups is 1. The number of anilines is 1. The molecular formula is C11H12FN3O4. The summed E-state index contributed by atoms with van der Waals surface area (Å²) in [5, 5.41) is 13.0. The Morgan fingerprint density at radius 3 is 2.84 bits per heavy atom. The van der Waals surface area contributed by atoms with E-state index in [9.17, 15) is 19.3 Å². The van der Waals surface area contributed by atoms with E-state index in [1.54, 1.807) is 0 Å². The van der Waals surface area contributed by atoms with E-state index in [1.165, 1.54) is 6.07 Å². The summed E-state index contributed by atoms with van der Waals surface area (Å²) < 4.78 is 18.6. The number of carbonyl (C=O) groups is 1. The molecular weight excluding hydrogens is 257 g/mol. The predicted octanol–water partition coefficient (Wildman–Crippen LogP) is 0.646. The van der Waals surface area contributed by atoms with Gasteiger partial charge in [0, 0.05) is 12.1 Å². The Labute approximate surface area is 107 Å². The number of nitrogens with one attached hydrogen (secondary N) is 1. The number of ether oxygens (including phenoxy) is 1. The molecule has 0 aromatic heterocycles. The van der Waals surface area contributed by atoms with Gasteiger partial charge in [-0.05, 0) is 6.07 Å². The number of rotatable bonds is 3. The van der Waals surface area contributed by atoms with Gasteiger partial charge in [-0.15, -0.1) is 0 Å². The van der Waals surface area contributed by atoms with Gasteiger partial charge in [0.25, 0.3) is 5.69 Å². The molecule has 19 heavy (non-hydrogen) atoms. The summed E-state index contributed by atoms with van der Waals surface area (Å²) in [5.41, 5.74) is 4.71. The zero-order valence-electron chi connectivity index (χ0n) is 9.84. The van der Waals surface area contributed by atoms with Crippen LogP contribution in [0.5, 0.6) is 0 Å². The average molecular weight is 269 g/mol. The Morgan fingerprint density at radius 2 is 2.26 bits per heavy atom. The van der Waals surface area contributed by atoms with Crippen LogP contribution in [-0.4, -0.2) is 30.1 Å². The van der Waals surface area contributed by atoms with Gasteiger partial charge in [-0.3, -0.25) is 14.9 Å². The van der Waals surface area contributed by atoms with Crippen molar-refractivity contribution >= 4 is 17.3 Å². The fourth-order valence-electron chi connectivity index (χ4n) is 1.85. The second kappa shape index (κ2) is 5.29. The van der Waals surface area contributed by atoms with Crippen molar-refractivity contribution in [3.8, 4) is 0 Å². The normalized spacial score (nSPS) is 22.2. The van der Waals surface area contributed by atoms with Gasteiger partial charge in [0.1, 0.15) is 0 Å². The van der Waals surface area contributed by atoms with Crippen LogP contribution >= 0.6 is 0 Å². The highest BCUT2D eigenvalue weighted by Gasteiger charge is 2.33. The molecule has 1 fully saturated rings. The van der Waals surface area contributed by atoms with E-state index in [0.29, 0.717) is 0 Å². The Hall–Kier alpha value is -2.06. The molecule has 102 valence electrons. The first-order chi connectivity index (χ1) is 9.00. The first kappa shape index (κ1) is 13.4. The van der Waals surface area contributed by atoms with Gasteiger partial charge < -0.3 is 15.8 Å². The third-order valence-electron chi connectivity index (χ3n) is 2.90. The van der Waals surface area contributed by atoms with E-state index >= 15 is 0 Å². The maximum Gasteiger partial charge on any atom is 0.295 e. The second-order valence-corrected chi connectivity index (χ2v) is 4.19. The maximum atomic E-state index is 13.6. The van der Waals surface area contributed by atoms with E-state index in [1.807, 2.05) is 0 Å². The van der Waals surface area contributed by atoms with Crippen molar-refractivity contribution in [1.82, 2.24) is 0 Å². The number of carbonyl (C=O) groups excluding carboxylic acids is 1. The fraction of sp³-hybridized carbons (Fsp3) is 0.364. The highest BCUT2D eigenvalue weighted by atomic mass is 19.1. The highest BCUT2D eigenvalue weighted by Crippen LogP contribution is 2.28. The lowest BCUT2D eigenvalue weighted by Gasteiger charge is -2.13. The molecule has 1 aliphatic heterocycles.